The van der Waals surface area contributed by atoms with Crippen LogP contribution >= 0.6 is 0 Å². The number of phenols is 2. The van der Waals surface area contributed by atoms with E-state index in [4.69, 9.17) is 0 Å². The Balaban J connectivity index is 1.42. The number of non-ortho nitro benzene ring substituents is 1. The molecule has 8 N–H and O–H groups in total. The zero-order valence-electron chi connectivity index (χ0n) is 32.0. The number of anilines is 1. The van der Waals surface area contributed by atoms with Crippen molar-refractivity contribution in [2.24, 2.45) is 35.8 Å². The van der Waals surface area contributed by atoms with Crippen LogP contribution in [0, 0.1) is 10.1 Å². The number of amides is 1. The summed E-state index contributed by atoms with van der Waals surface area (Å²) in [7, 11) is -21.0. The molecule has 1 heterocycles. The monoisotopic (exact) mass is 1030 g/mol. The Morgan fingerprint density at radius 2 is 1.22 bits per heavy atom. The molecule has 1 amide bonds. The van der Waals surface area contributed by atoms with Crippen LogP contribution in [0.3, 0.4) is 0 Å². The average Bonchev–Trinajstić information content (AvgIpc) is 3.56. The molecule has 350 valence electrons. The van der Waals surface area contributed by atoms with Crippen molar-refractivity contribution in [1.29, 1.82) is 0 Å². The predicted octanol–water partition coefficient (Wildman–Crippen LogP) is 4.50. The van der Waals surface area contributed by atoms with Crippen molar-refractivity contribution in [3.63, 3.8) is 0 Å². The van der Waals surface area contributed by atoms with Gasteiger partial charge in [0.05, 0.1) is 31.5 Å². The van der Waals surface area contributed by atoms with Gasteiger partial charge in [-0.15, -0.1) is 20.5 Å². The minimum atomic E-state index is -5.53. The number of carboxylic acid groups (broad SMARTS) is 1. The fourth-order valence-electron chi connectivity index (χ4n) is 5.73. The van der Waals surface area contributed by atoms with E-state index in [-0.39, 0.29) is 11.4 Å². The Kier molecular flexibility index (Phi) is 13.0. The third-order valence-electron chi connectivity index (χ3n) is 8.68. The number of hydrogen-bond donors (Lipinski definition) is 8. The number of nitro groups is 1. The lowest BCUT2D eigenvalue weighted by Crippen LogP contribution is -2.33. The van der Waals surface area contributed by atoms with Gasteiger partial charge in [0.15, 0.2) is 28.3 Å². The van der Waals surface area contributed by atoms with Gasteiger partial charge in [-0.2, -0.15) is 54.0 Å². The number of aromatic hydroxyl groups is 2. The number of aliphatic carboxylic acids is 1. The summed E-state index contributed by atoms with van der Waals surface area (Å²) < 4.78 is 158. The third kappa shape index (κ3) is 10.2. The number of carboxylic acids is 1. The topological polar surface area (TPSA) is 483 Å². The van der Waals surface area contributed by atoms with Crippen LogP contribution < -0.4 is 5.01 Å². The van der Waals surface area contributed by atoms with Crippen molar-refractivity contribution >= 4 is 120 Å². The zero-order chi connectivity index (χ0) is 49.7. The molecule has 0 bridgehead atoms. The Morgan fingerprint density at radius 3 is 1.70 bits per heavy atom. The molecule has 0 aromatic heterocycles. The minimum absolute atomic E-state index is 0.156. The number of azo groups is 3. The maximum absolute atomic E-state index is 13.2. The van der Waals surface area contributed by atoms with Crippen LogP contribution in [0.15, 0.2) is 133 Å². The molecule has 0 saturated heterocycles. The van der Waals surface area contributed by atoms with Crippen molar-refractivity contribution in [3.8, 4) is 11.5 Å². The van der Waals surface area contributed by atoms with Gasteiger partial charge >= 0.3 is 5.97 Å². The van der Waals surface area contributed by atoms with Gasteiger partial charge in [-0.05, 0) is 66.0 Å². The summed E-state index contributed by atoms with van der Waals surface area (Å²) in [5, 5.41) is 67.2. The fraction of sp³-hybridized carbons (Fsp3) is 0.0312. The lowest BCUT2D eigenvalue weighted by molar-refractivity contribution is -0.385. The molecule has 67 heavy (non-hydrogen) atoms. The highest BCUT2D eigenvalue weighted by Gasteiger charge is 2.41. The van der Waals surface area contributed by atoms with Gasteiger partial charge in [-0.1, -0.05) is 0 Å². The van der Waals surface area contributed by atoms with Gasteiger partial charge in [0.25, 0.3) is 52.1 Å². The molecule has 0 saturated carbocycles. The molecule has 30 nitrogen and oxygen atoms in total. The molecule has 1 aliphatic heterocycles. The van der Waals surface area contributed by atoms with Gasteiger partial charge in [0.1, 0.15) is 37.4 Å². The van der Waals surface area contributed by atoms with Crippen LogP contribution in [-0.4, -0.2) is 105 Å². The Bertz CT molecular complexity index is 3620. The van der Waals surface area contributed by atoms with Gasteiger partial charge in [-0.25, -0.2) is 9.00 Å². The van der Waals surface area contributed by atoms with Gasteiger partial charge < -0.3 is 19.9 Å². The SMILES string of the molecule is O=C(O)C1=NN(c2ccc(S(=O)(=O)O)cc2)C(=O)C1/N=N/c1ccc(/N=N/c2c(S(=O)(=O)O)cc3cc(S(=O)(=O)O)c(/N=N/c4ccc([N+](=O)[O-])cc4S(=O)(=O)O)c(O)c3c2O)c(S(=O)O)c1. The van der Waals surface area contributed by atoms with Crippen molar-refractivity contribution in [3.05, 3.63) is 82.9 Å². The summed E-state index contributed by atoms with van der Waals surface area (Å²) in [6, 6.07) is 6.97. The van der Waals surface area contributed by atoms with E-state index in [0.29, 0.717) is 35.3 Å². The normalized spacial score (nSPS) is 15.5. The van der Waals surface area contributed by atoms with Crippen molar-refractivity contribution < 1.29 is 90.5 Å². The second-order valence-electron chi connectivity index (χ2n) is 12.9. The summed E-state index contributed by atoms with van der Waals surface area (Å²) in [5.74, 6) is -5.78. The van der Waals surface area contributed by atoms with E-state index < -0.39 is 155 Å². The summed E-state index contributed by atoms with van der Waals surface area (Å²) in [6.45, 7) is 0. The van der Waals surface area contributed by atoms with Crippen LogP contribution in [0.25, 0.3) is 10.8 Å². The Morgan fingerprint density at radius 1 is 0.701 bits per heavy atom. The highest BCUT2D eigenvalue weighted by molar-refractivity contribution is 7.86. The van der Waals surface area contributed by atoms with E-state index in [2.05, 4.69) is 35.8 Å². The van der Waals surface area contributed by atoms with E-state index in [1.54, 1.807) is 0 Å². The first-order chi connectivity index (χ1) is 31.0. The molecule has 35 heteroatoms. The maximum atomic E-state index is 13.2. The van der Waals surface area contributed by atoms with Gasteiger partial charge in [0.2, 0.25) is 6.04 Å². The van der Waals surface area contributed by atoms with E-state index in [1.165, 1.54) is 0 Å². The Hall–Kier alpha value is -7.48. The number of nitrogens with zero attached hydrogens (tertiary/aromatic N) is 9. The van der Waals surface area contributed by atoms with E-state index in [9.17, 15) is 95.7 Å². The van der Waals surface area contributed by atoms with E-state index in [1.807, 2.05) is 0 Å². The van der Waals surface area contributed by atoms with E-state index >= 15 is 0 Å². The predicted molar refractivity (Wildman–Crippen MR) is 221 cm³/mol. The molecule has 0 radical (unpaired) electrons. The summed E-state index contributed by atoms with van der Waals surface area (Å²) in [5.41, 5.74) is -6.36. The minimum Gasteiger partial charge on any atom is -0.505 e. The number of hydrogen-bond acceptors (Lipinski definition) is 22. The zero-order valence-corrected chi connectivity index (χ0v) is 36.0. The number of carbonyl (C=O) groups is 2. The summed E-state index contributed by atoms with van der Waals surface area (Å²) in [4.78, 5) is 29.9. The summed E-state index contributed by atoms with van der Waals surface area (Å²) >= 11 is -3.04. The van der Waals surface area contributed by atoms with Crippen molar-refractivity contribution in [2.45, 2.75) is 30.5 Å². The number of phenolic OH excluding ortho intramolecular Hbond substituents is 2. The first kappa shape index (κ1) is 49.0. The number of fused-ring (bicyclic) bond motifs is 1. The second-order valence-corrected chi connectivity index (χ2v) is 19.4. The molecule has 0 fully saturated rings. The fourth-order valence-corrected chi connectivity index (χ4v) is 8.67. The molecule has 5 aromatic carbocycles. The van der Waals surface area contributed by atoms with Crippen molar-refractivity contribution in [2.75, 3.05) is 5.01 Å². The standard InChI is InChI=1S/C32H21N9O21S5/c42-29-24-13(10-23(67(60,61)62)26(30(24)43)37-35-19-8-4-16(41(47)48)12-21(19)65(54,55)56)9-22(66(57,58)59)25(29)36-34-18-7-1-14(11-20(18)63(49)50)33-38-27-28(32(45)46)39-40(31(27)44)15-2-5-17(6-3-15)64(51,52)53/h1-12,27,42-43H,(H,45,46)(H,49,50)(H,51,52,53)(H,54,55,56)(H,57,58,59)(H,60,61,62)/b36-34+,37-35+,38-33+. The Labute approximate surface area is 374 Å². The number of hydrazone groups is 1. The van der Waals surface area contributed by atoms with Crippen LogP contribution in [0.1, 0.15) is 0 Å². The molecular formula is C32H21N9O21S5. The van der Waals surface area contributed by atoms with Gasteiger partial charge in [0, 0.05) is 12.1 Å². The quantitative estimate of drug-likeness (QED) is 0.0249. The molecule has 2 atom stereocenters. The van der Waals surface area contributed by atoms with Crippen LogP contribution in [-0.2, 0) is 61.1 Å². The highest BCUT2D eigenvalue weighted by atomic mass is 32.2. The molecule has 2 unspecified atom stereocenters. The van der Waals surface area contributed by atoms with Crippen LogP contribution in [0.5, 0.6) is 11.5 Å². The molecule has 1 aliphatic rings. The highest BCUT2D eigenvalue weighted by Crippen LogP contribution is 2.50. The number of nitro benzene ring substituents is 1. The third-order valence-corrected chi connectivity index (χ3v) is 12.9. The lowest BCUT2D eigenvalue weighted by Gasteiger charge is -2.13. The molecule has 6 rings (SSSR count). The molecule has 5 aromatic rings. The molecular weight excluding hydrogens is 1010 g/mol. The second kappa shape index (κ2) is 17.7. The van der Waals surface area contributed by atoms with Crippen molar-refractivity contribution in [1.82, 2.24) is 0 Å². The van der Waals surface area contributed by atoms with Crippen LogP contribution in [0.4, 0.5) is 39.8 Å². The lowest BCUT2D eigenvalue weighted by atomic mass is 10.1. The van der Waals surface area contributed by atoms with E-state index in [0.717, 1.165) is 42.5 Å². The number of carbonyl (C=O) groups excluding carboxylic acids is 1. The first-order valence-corrected chi connectivity index (χ1v) is 23.8. The number of rotatable bonds is 14. The van der Waals surface area contributed by atoms with Gasteiger partial charge in [-0.3, -0.25) is 33.1 Å². The maximum Gasteiger partial charge on any atom is 0.355 e. The smallest absolute Gasteiger partial charge is 0.355 e. The summed E-state index contributed by atoms with van der Waals surface area (Å²) in [6.07, 6.45) is 0. The average molecular weight is 1030 g/mol. The number of benzene rings is 5. The van der Waals surface area contributed by atoms with Crippen LogP contribution in [0.2, 0.25) is 0 Å². The largest absolute Gasteiger partial charge is 0.505 e. The molecule has 0 aliphatic carbocycles. The first-order valence-electron chi connectivity index (χ1n) is 17.0. The molecule has 0 spiro atoms.